The summed E-state index contributed by atoms with van der Waals surface area (Å²) >= 11 is 0. The molecule has 0 amide bonds. The van der Waals surface area contributed by atoms with Crippen LogP contribution in [0.2, 0.25) is 0 Å². The fourth-order valence-corrected chi connectivity index (χ4v) is 3.60. The third kappa shape index (κ3) is 3.51. The molecule has 1 aromatic heterocycles. The highest BCUT2D eigenvalue weighted by molar-refractivity contribution is 5.54. The zero-order chi connectivity index (χ0) is 16.2. The van der Waals surface area contributed by atoms with E-state index in [2.05, 4.69) is 43.3 Å². The SMILES string of the molecule is c1cnc(N2CCN(CCc3ccc4c(c3)CCCN4)CC2)nc1. The maximum Gasteiger partial charge on any atom is 0.225 e. The van der Waals surface area contributed by atoms with E-state index in [-0.39, 0.29) is 0 Å². The molecule has 0 spiro atoms. The summed E-state index contributed by atoms with van der Waals surface area (Å²) in [7, 11) is 0. The fourth-order valence-electron chi connectivity index (χ4n) is 3.60. The summed E-state index contributed by atoms with van der Waals surface area (Å²) in [6.45, 7) is 6.45. The molecule has 2 aromatic rings. The van der Waals surface area contributed by atoms with Crippen molar-refractivity contribution < 1.29 is 0 Å². The minimum absolute atomic E-state index is 0.860. The maximum atomic E-state index is 4.35. The van der Waals surface area contributed by atoms with Crippen LogP contribution in [-0.4, -0.2) is 54.1 Å². The maximum absolute atomic E-state index is 4.35. The zero-order valence-corrected chi connectivity index (χ0v) is 14.1. The Labute approximate surface area is 143 Å². The molecule has 1 aromatic carbocycles. The summed E-state index contributed by atoms with van der Waals surface area (Å²) in [5.74, 6) is 0.860. The smallest absolute Gasteiger partial charge is 0.225 e. The normalized spacial score (nSPS) is 18.1. The highest BCUT2D eigenvalue weighted by atomic mass is 15.3. The lowest BCUT2D eigenvalue weighted by molar-refractivity contribution is 0.260. The average molecular weight is 323 g/mol. The number of hydrogen-bond donors (Lipinski definition) is 1. The van der Waals surface area contributed by atoms with E-state index in [1.807, 2.05) is 18.5 Å². The molecule has 0 radical (unpaired) electrons. The Morgan fingerprint density at radius 1 is 1.04 bits per heavy atom. The first-order chi connectivity index (χ1) is 11.9. The van der Waals surface area contributed by atoms with Crippen molar-refractivity contribution in [1.29, 1.82) is 0 Å². The van der Waals surface area contributed by atoms with Crippen LogP contribution in [0, 0.1) is 0 Å². The standard InChI is InChI=1S/C19H25N5/c1-3-17-15-16(4-5-18(17)20-7-1)6-10-23-11-13-24(14-12-23)19-21-8-2-9-22-19/h2,4-5,8-9,15,20H,1,3,6-7,10-14H2. The van der Waals surface area contributed by atoms with Crippen LogP contribution in [0.3, 0.4) is 0 Å². The van der Waals surface area contributed by atoms with Gasteiger partial charge in [-0.2, -0.15) is 0 Å². The Morgan fingerprint density at radius 2 is 1.88 bits per heavy atom. The van der Waals surface area contributed by atoms with Crippen LogP contribution in [-0.2, 0) is 12.8 Å². The molecule has 5 nitrogen and oxygen atoms in total. The number of rotatable bonds is 4. The molecule has 1 N–H and O–H groups in total. The molecular weight excluding hydrogens is 298 g/mol. The molecule has 3 heterocycles. The molecular formula is C19H25N5. The number of hydrogen-bond acceptors (Lipinski definition) is 5. The highest BCUT2D eigenvalue weighted by Gasteiger charge is 2.18. The predicted octanol–water partition coefficient (Wildman–Crippen LogP) is 2.20. The van der Waals surface area contributed by atoms with Gasteiger partial charge in [-0.15, -0.1) is 0 Å². The van der Waals surface area contributed by atoms with Crippen LogP contribution in [0.25, 0.3) is 0 Å². The Kier molecular flexibility index (Phi) is 4.60. The first-order valence-electron chi connectivity index (χ1n) is 8.98. The first kappa shape index (κ1) is 15.4. The van der Waals surface area contributed by atoms with Crippen molar-refractivity contribution in [2.75, 3.05) is 49.5 Å². The largest absolute Gasteiger partial charge is 0.385 e. The summed E-state index contributed by atoms with van der Waals surface area (Å²) in [4.78, 5) is 13.5. The third-order valence-electron chi connectivity index (χ3n) is 5.03. The molecule has 0 atom stereocenters. The number of nitrogens with one attached hydrogen (secondary N) is 1. The van der Waals surface area contributed by atoms with Crippen molar-refractivity contribution in [3.8, 4) is 0 Å². The number of aromatic nitrogens is 2. The number of aryl methyl sites for hydroxylation is 1. The molecule has 0 saturated carbocycles. The molecule has 4 rings (SSSR count). The first-order valence-corrected chi connectivity index (χ1v) is 8.98. The summed E-state index contributed by atoms with van der Waals surface area (Å²) in [6.07, 6.45) is 7.24. The third-order valence-corrected chi connectivity index (χ3v) is 5.03. The average Bonchev–Trinajstić information content (AvgIpc) is 2.67. The lowest BCUT2D eigenvalue weighted by atomic mass is 9.99. The van der Waals surface area contributed by atoms with Gasteiger partial charge in [0, 0.05) is 57.3 Å². The van der Waals surface area contributed by atoms with Crippen LogP contribution in [0.1, 0.15) is 17.5 Å². The molecule has 0 aliphatic carbocycles. The van der Waals surface area contributed by atoms with E-state index >= 15 is 0 Å². The van der Waals surface area contributed by atoms with Gasteiger partial charge in [-0.05, 0) is 42.5 Å². The van der Waals surface area contributed by atoms with Gasteiger partial charge in [0.1, 0.15) is 0 Å². The molecule has 2 aliphatic rings. The van der Waals surface area contributed by atoms with E-state index in [9.17, 15) is 0 Å². The van der Waals surface area contributed by atoms with Crippen LogP contribution in [0.15, 0.2) is 36.7 Å². The van der Waals surface area contributed by atoms with Gasteiger partial charge < -0.3 is 10.2 Å². The second-order valence-electron chi connectivity index (χ2n) is 6.65. The highest BCUT2D eigenvalue weighted by Crippen LogP contribution is 2.23. The molecule has 5 heteroatoms. The van der Waals surface area contributed by atoms with Crippen LogP contribution >= 0.6 is 0 Å². The molecule has 1 fully saturated rings. The van der Waals surface area contributed by atoms with Crippen LogP contribution in [0.4, 0.5) is 11.6 Å². The Balaban J connectivity index is 1.28. The zero-order valence-electron chi connectivity index (χ0n) is 14.1. The lowest BCUT2D eigenvalue weighted by Gasteiger charge is -2.34. The van der Waals surface area contributed by atoms with Gasteiger partial charge in [-0.25, -0.2) is 9.97 Å². The number of anilines is 2. The molecule has 126 valence electrons. The van der Waals surface area contributed by atoms with Gasteiger partial charge in [-0.3, -0.25) is 4.90 Å². The summed E-state index contributed by atoms with van der Waals surface area (Å²) in [5, 5.41) is 3.49. The van der Waals surface area contributed by atoms with Crippen molar-refractivity contribution in [2.24, 2.45) is 0 Å². The van der Waals surface area contributed by atoms with E-state index in [4.69, 9.17) is 0 Å². The second-order valence-corrected chi connectivity index (χ2v) is 6.65. The van der Waals surface area contributed by atoms with Gasteiger partial charge in [0.05, 0.1) is 0 Å². The van der Waals surface area contributed by atoms with E-state index in [1.165, 1.54) is 29.7 Å². The molecule has 2 aliphatic heterocycles. The lowest BCUT2D eigenvalue weighted by Crippen LogP contribution is -2.47. The molecule has 0 bridgehead atoms. The fraction of sp³-hybridized carbons (Fsp3) is 0.474. The van der Waals surface area contributed by atoms with Gasteiger partial charge >= 0.3 is 0 Å². The topological polar surface area (TPSA) is 44.3 Å². The van der Waals surface area contributed by atoms with Crippen molar-refractivity contribution in [2.45, 2.75) is 19.3 Å². The van der Waals surface area contributed by atoms with Gasteiger partial charge in [-0.1, -0.05) is 12.1 Å². The van der Waals surface area contributed by atoms with Gasteiger partial charge in [0.2, 0.25) is 5.95 Å². The minimum atomic E-state index is 0.860. The Hall–Kier alpha value is -2.14. The quantitative estimate of drug-likeness (QED) is 0.934. The number of piperazine rings is 1. The van der Waals surface area contributed by atoms with E-state index in [0.717, 1.165) is 51.6 Å². The van der Waals surface area contributed by atoms with Crippen molar-refractivity contribution in [3.05, 3.63) is 47.8 Å². The van der Waals surface area contributed by atoms with Crippen molar-refractivity contribution in [3.63, 3.8) is 0 Å². The predicted molar refractivity (Wildman–Crippen MR) is 97.6 cm³/mol. The van der Waals surface area contributed by atoms with Gasteiger partial charge in [0.25, 0.3) is 0 Å². The molecule has 0 unspecified atom stereocenters. The van der Waals surface area contributed by atoms with Crippen LogP contribution in [0.5, 0.6) is 0 Å². The van der Waals surface area contributed by atoms with Crippen LogP contribution < -0.4 is 10.2 Å². The summed E-state index contributed by atoms with van der Waals surface area (Å²) < 4.78 is 0. The Bertz CT molecular complexity index is 665. The molecule has 1 saturated heterocycles. The van der Waals surface area contributed by atoms with Gasteiger partial charge in [0.15, 0.2) is 0 Å². The van der Waals surface area contributed by atoms with E-state index < -0.39 is 0 Å². The monoisotopic (exact) mass is 323 g/mol. The number of nitrogens with zero attached hydrogens (tertiary/aromatic N) is 4. The second kappa shape index (κ2) is 7.18. The van der Waals surface area contributed by atoms with Crippen molar-refractivity contribution >= 4 is 11.6 Å². The number of benzene rings is 1. The Morgan fingerprint density at radius 3 is 2.71 bits per heavy atom. The van der Waals surface area contributed by atoms with E-state index in [0.29, 0.717) is 0 Å². The summed E-state index contributed by atoms with van der Waals surface area (Å²) in [6, 6.07) is 8.81. The van der Waals surface area contributed by atoms with Crippen molar-refractivity contribution in [1.82, 2.24) is 14.9 Å². The number of fused-ring (bicyclic) bond motifs is 1. The minimum Gasteiger partial charge on any atom is -0.385 e. The molecule has 24 heavy (non-hydrogen) atoms. The summed E-state index contributed by atoms with van der Waals surface area (Å²) in [5.41, 5.74) is 4.29. The van der Waals surface area contributed by atoms with E-state index in [1.54, 1.807) is 0 Å².